The summed E-state index contributed by atoms with van der Waals surface area (Å²) in [5.41, 5.74) is 1.91. The van der Waals surface area contributed by atoms with E-state index >= 15 is 0 Å². The van der Waals surface area contributed by atoms with Crippen LogP contribution in [0, 0.1) is 0 Å². The summed E-state index contributed by atoms with van der Waals surface area (Å²) < 4.78 is 10.6. The third-order valence-electron chi connectivity index (χ3n) is 3.50. The SMILES string of the molecule is CC(C)(C)OC(=O)COCCNC(c1ccccc1)c1ccccc1. The Labute approximate surface area is 150 Å². The molecule has 4 heteroatoms. The van der Waals surface area contributed by atoms with E-state index in [0.717, 1.165) is 0 Å². The molecular weight excluding hydrogens is 314 g/mol. The van der Waals surface area contributed by atoms with Gasteiger partial charge in [0, 0.05) is 6.54 Å². The number of nitrogens with one attached hydrogen (secondary N) is 1. The number of ether oxygens (including phenoxy) is 2. The minimum absolute atomic E-state index is 0.0275. The van der Waals surface area contributed by atoms with Crippen molar-refractivity contribution in [2.24, 2.45) is 0 Å². The van der Waals surface area contributed by atoms with Crippen molar-refractivity contribution in [1.29, 1.82) is 0 Å². The van der Waals surface area contributed by atoms with Crippen LogP contribution in [0.3, 0.4) is 0 Å². The normalized spacial score (nSPS) is 11.5. The van der Waals surface area contributed by atoms with Crippen LogP contribution in [0.15, 0.2) is 60.7 Å². The van der Waals surface area contributed by atoms with E-state index in [0.29, 0.717) is 13.2 Å². The second-order valence-electron chi connectivity index (χ2n) is 6.85. The lowest BCUT2D eigenvalue weighted by molar-refractivity contribution is -0.160. The van der Waals surface area contributed by atoms with Crippen molar-refractivity contribution < 1.29 is 14.3 Å². The van der Waals surface area contributed by atoms with Gasteiger partial charge < -0.3 is 14.8 Å². The molecule has 0 radical (unpaired) electrons. The van der Waals surface area contributed by atoms with Crippen LogP contribution in [0.5, 0.6) is 0 Å². The van der Waals surface area contributed by atoms with Gasteiger partial charge in [0.2, 0.25) is 0 Å². The molecule has 0 spiro atoms. The molecule has 0 heterocycles. The molecule has 4 nitrogen and oxygen atoms in total. The van der Waals surface area contributed by atoms with Crippen molar-refractivity contribution in [3.05, 3.63) is 71.8 Å². The van der Waals surface area contributed by atoms with Gasteiger partial charge in [0.1, 0.15) is 12.2 Å². The van der Waals surface area contributed by atoms with Gasteiger partial charge in [-0.3, -0.25) is 0 Å². The molecule has 0 aliphatic carbocycles. The summed E-state index contributed by atoms with van der Waals surface area (Å²) in [5, 5.41) is 3.50. The van der Waals surface area contributed by atoms with E-state index in [2.05, 4.69) is 29.6 Å². The standard InChI is InChI=1S/C21H27NO3/c1-21(2,3)25-19(23)16-24-15-14-22-20(17-10-6-4-7-11-17)18-12-8-5-9-13-18/h4-13,20,22H,14-16H2,1-3H3. The Balaban J connectivity index is 1.84. The maximum Gasteiger partial charge on any atom is 0.332 e. The average Bonchev–Trinajstić information content (AvgIpc) is 2.58. The molecule has 0 fully saturated rings. The fourth-order valence-electron chi connectivity index (χ4n) is 2.52. The summed E-state index contributed by atoms with van der Waals surface area (Å²) in [7, 11) is 0. The topological polar surface area (TPSA) is 47.6 Å². The lowest BCUT2D eigenvalue weighted by Gasteiger charge is -2.21. The van der Waals surface area contributed by atoms with Gasteiger partial charge in [-0.2, -0.15) is 0 Å². The second-order valence-corrected chi connectivity index (χ2v) is 6.85. The van der Waals surface area contributed by atoms with Crippen LogP contribution < -0.4 is 5.32 Å². The van der Waals surface area contributed by atoms with Gasteiger partial charge in [-0.1, -0.05) is 60.7 Å². The van der Waals surface area contributed by atoms with E-state index in [1.807, 2.05) is 57.2 Å². The smallest absolute Gasteiger partial charge is 0.332 e. The monoisotopic (exact) mass is 341 g/mol. The first-order valence-corrected chi connectivity index (χ1v) is 8.58. The summed E-state index contributed by atoms with van der Waals surface area (Å²) in [6.45, 7) is 6.58. The first kappa shape index (κ1) is 19.2. The fraction of sp³-hybridized carbons (Fsp3) is 0.381. The van der Waals surface area contributed by atoms with Gasteiger partial charge in [0.05, 0.1) is 12.6 Å². The van der Waals surface area contributed by atoms with Crippen molar-refractivity contribution in [2.45, 2.75) is 32.4 Å². The minimum atomic E-state index is -0.482. The molecule has 2 aromatic rings. The molecule has 25 heavy (non-hydrogen) atoms. The van der Waals surface area contributed by atoms with Crippen molar-refractivity contribution >= 4 is 5.97 Å². The molecule has 0 aliphatic rings. The van der Waals surface area contributed by atoms with Gasteiger partial charge in [0.25, 0.3) is 0 Å². The van der Waals surface area contributed by atoms with Crippen LogP contribution in [0.25, 0.3) is 0 Å². The zero-order valence-corrected chi connectivity index (χ0v) is 15.2. The Hall–Kier alpha value is -2.17. The minimum Gasteiger partial charge on any atom is -0.458 e. The molecular formula is C21H27NO3. The third-order valence-corrected chi connectivity index (χ3v) is 3.50. The lowest BCUT2D eigenvalue weighted by atomic mass is 9.99. The number of carbonyl (C=O) groups excluding carboxylic acids is 1. The lowest BCUT2D eigenvalue weighted by Crippen LogP contribution is -2.29. The molecule has 0 aromatic heterocycles. The number of rotatable bonds is 8. The number of hydrogen-bond acceptors (Lipinski definition) is 4. The van der Waals surface area contributed by atoms with Gasteiger partial charge in [-0.05, 0) is 31.9 Å². The number of benzene rings is 2. The molecule has 0 bridgehead atoms. The van der Waals surface area contributed by atoms with Gasteiger partial charge in [-0.25, -0.2) is 4.79 Å². The molecule has 0 amide bonds. The maximum absolute atomic E-state index is 11.6. The maximum atomic E-state index is 11.6. The first-order valence-electron chi connectivity index (χ1n) is 8.58. The predicted molar refractivity (Wildman–Crippen MR) is 99.4 cm³/mol. The number of hydrogen-bond donors (Lipinski definition) is 1. The zero-order chi connectivity index (χ0) is 18.1. The fourth-order valence-corrected chi connectivity index (χ4v) is 2.52. The summed E-state index contributed by atoms with van der Waals surface area (Å²) in [4.78, 5) is 11.6. The Morgan fingerprint density at radius 3 is 1.96 bits per heavy atom. The van der Waals surface area contributed by atoms with Crippen LogP contribution in [-0.4, -0.2) is 31.3 Å². The third kappa shape index (κ3) is 7.08. The second kappa shape index (κ2) is 9.35. The Kier molecular flexibility index (Phi) is 7.16. The van der Waals surface area contributed by atoms with E-state index < -0.39 is 5.60 Å². The van der Waals surface area contributed by atoms with Crippen molar-refractivity contribution in [3.63, 3.8) is 0 Å². The molecule has 0 saturated heterocycles. The number of esters is 1. The summed E-state index contributed by atoms with van der Waals surface area (Å²) in [6, 6.07) is 20.7. The molecule has 0 unspecified atom stereocenters. The highest BCUT2D eigenvalue weighted by Gasteiger charge is 2.16. The van der Waals surface area contributed by atoms with E-state index in [1.165, 1.54) is 11.1 Å². The molecule has 0 atom stereocenters. The average molecular weight is 341 g/mol. The predicted octanol–water partition coefficient (Wildman–Crippen LogP) is 3.72. The van der Waals surface area contributed by atoms with Crippen molar-refractivity contribution in [3.8, 4) is 0 Å². The van der Waals surface area contributed by atoms with E-state index in [1.54, 1.807) is 0 Å². The van der Waals surface area contributed by atoms with E-state index in [-0.39, 0.29) is 18.6 Å². The van der Waals surface area contributed by atoms with Gasteiger partial charge in [0.15, 0.2) is 0 Å². The summed E-state index contributed by atoms with van der Waals surface area (Å²) in [5.74, 6) is -0.338. The number of carbonyl (C=O) groups is 1. The quantitative estimate of drug-likeness (QED) is 0.587. The molecule has 134 valence electrons. The summed E-state index contributed by atoms with van der Waals surface area (Å²) >= 11 is 0. The Bertz CT molecular complexity index is 596. The van der Waals surface area contributed by atoms with Crippen molar-refractivity contribution in [2.75, 3.05) is 19.8 Å². The Morgan fingerprint density at radius 1 is 0.960 bits per heavy atom. The summed E-state index contributed by atoms with van der Waals surface area (Å²) in [6.07, 6.45) is 0. The molecule has 2 aromatic carbocycles. The first-order chi connectivity index (χ1) is 12.0. The van der Waals surface area contributed by atoms with Gasteiger partial charge in [-0.15, -0.1) is 0 Å². The van der Waals surface area contributed by atoms with Crippen LogP contribution in [0.1, 0.15) is 37.9 Å². The molecule has 0 saturated carbocycles. The van der Waals surface area contributed by atoms with E-state index in [4.69, 9.17) is 9.47 Å². The van der Waals surface area contributed by atoms with Gasteiger partial charge >= 0.3 is 5.97 Å². The molecule has 0 aliphatic heterocycles. The highest BCUT2D eigenvalue weighted by Crippen LogP contribution is 2.21. The molecule has 1 N–H and O–H groups in total. The van der Waals surface area contributed by atoms with Crippen LogP contribution >= 0.6 is 0 Å². The Morgan fingerprint density at radius 2 is 1.48 bits per heavy atom. The van der Waals surface area contributed by atoms with Crippen molar-refractivity contribution in [1.82, 2.24) is 5.32 Å². The van der Waals surface area contributed by atoms with Crippen LogP contribution in [0.2, 0.25) is 0 Å². The van der Waals surface area contributed by atoms with Crippen LogP contribution in [-0.2, 0) is 14.3 Å². The zero-order valence-electron chi connectivity index (χ0n) is 15.2. The van der Waals surface area contributed by atoms with E-state index in [9.17, 15) is 4.79 Å². The largest absolute Gasteiger partial charge is 0.458 e. The van der Waals surface area contributed by atoms with Crippen LogP contribution in [0.4, 0.5) is 0 Å². The molecule has 2 rings (SSSR count). The highest BCUT2D eigenvalue weighted by atomic mass is 16.6. The highest BCUT2D eigenvalue weighted by molar-refractivity contribution is 5.71.